The lowest BCUT2D eigenvalue weighted by Crippen LogP contribution is -2.18. The molecule has 0 unspecified atom stereocenters. The predicted molar refractivity (Wildman–Crippen MR) is 43.0 cm³/mol. The fourth-order valence-corrected chi connectivity index (χ4v) is 0.615. The van der Waals surface area contributed by atoms with Crippen molar-refractivity contribution in [3.8, 4) is 0 Å². The Morgan fingerprint density at radius 2 is 2.30 bits per heavy atom. The van der Waals surface area contributed by atoms with Crippen LogP contribution in [0.2, 0.25) is 0 Å². The van der Waals surface area contributed by atoms with Crippen molar-refractivity contribution in [3.05, 3.63) is 12.7 Å². The molecule has 0 aromatic heterocycles. The summed E-state index contributed by atoms with van der Waals surface area (Å²) < 4.78 is 0. The summed E-state index contributed by atoms with van der Waals surface area (Å²) in [4.78, 5) is 10.6. The van der Waals surface area contributed by atoms with Crippen LogP contribution in [-0.4, -0.2) is 18.9 Å². The molecule has 10 heavy (non-hydrogen) atoms. The maximum atomic E-state index is 10.6. The van der Waals surface area contributed by atoms with Gasteiger partial charge in [0.05, 0.1) is 0 Å². The van der Waals surface area contributed by atoms with Crippen molar-refractivity contribution in [1.82, 2.24) is 5.32 Å². The summed E-state index contributed by atoms with van der Waals surface area (Å²) in [6.07, 6.45) is 3.05. The standard InChI is InChI=1S/C8H15NO/c1-3-6-9-7-5-8(10)4-2/h4,9H,2-3,5-7H2,1H3. The van der Waals surface area contributed by atoms with Gasteiger partial charge in [-0.3, -0.25) is 4.79 Å². The number of nitrogens with one attached hydrogen (secondary N) is 1. The predicted octanol–water partition coefficient (Wildman–Crippen LogP) is 1.13. The molecule has 0 rings (SSSR count). The molecule has 2 heteroatoms. The Morgan fingerprint density at radius 3 is 2.80 bits per heavy atom. The number of ketones is 1. The SMILES string of the molecule is C=CC(=O)CCNCCC. The highest BCUT2D eigenvalue weighted by atomic mass is 16.1. The van der Waals surface area contributed by atoms with Crippen LogP contribution in [0.15, 0.2) is 12.7 Å². The second-order valence-corrected chi connectivity index (χ2v) is 2.17. The fraction of sp³-hybridized carbons (Fsp3) is 0.625. The minimum Gasteiger partial charge on any atom is -0.316 e. The number of hydrogen-bond donors (Lipinski definition) is 1. The van der Waals surface area contributed by atoms with E-state index in [1.165, 1.54) is 6.08 Å². The second-order valence-electron chi connectivity index (χ2n) is 2.17. The summed E-state index contributed by atoms with van der Waals surface area (Å²) in [5.74, 6) is 0.114. The quantitative estimate of drug-likeness (QED) is 0.444. The number of carbonyl (C=O) groups is 1. The van der Waals surface area contributed by atoms with Crippen molar-refractivity contribution in [2.24, 2.45) is 0 Å². The Kier molecular flexibility index (Phi) is 6.08. The first-order valence-electron chi connectivity index (χ1n) is 3.67. The van der Waals surface area contributed by atoms with Gasteiger partial charge < -0.3 is 5.32 Å². The molecule has 58 valence electrons. The van der Waals surface area contributed by atoms with Gasteiger partial charge in [0.1, 0.15) is 0 Å². The number of rotatable bonds is 6. The van der Waals surface area contributed by atoms with E-state index in [0.717, 1.165) is 19.5 Å². The number of carbonyl (C=O) groups excluding carboxylic acids is 1. The zero-order chi connectivity index (χ0) is 7.82. The van der Waals surface area contributed by atoms with Gasteiger partial charge in [-0.05, 0) is 19.0 Å². The minimum absolute atomic E-state index is 0.114. The van der Waals surface area contributed by atoms with Crippen molar-refractivity contribution in [3.63, 3.8) is 0 Å². The van der Waals surface area contributed by atoms with Gasteiger partial charge in [-0.15, -0.1) is 0 Å². The highest BCUT2D eigenvalue weighted by Gasteiger charge is 1.92. The number of hydrogen-bond acceptors (Lipinski definition) is 2. The second kappa shape index (κ2) is 6.49. The van der Waals surface area contributed by atoms with Crippen molar-refractivity contribution in [2.45, 2.75) is 19.8 Å². The van der Waals surface area contributed by atoms with E-state index < -0.39 is 0 Å². The summed E-state index contributed by atoms with van der Waals surface area (Å²) in [5, 5.41) is 3.13. The minimum atomic E-state index is 0.114. The molecule has 0 radical (unpaired) electrons. The van der Waals surface area contributed by atoms with Gasteiger partial charge in [-0.1, -0.05) is 13.5 Å². The average Bonchev–Trinajstić information content (AvgIpc) is 1.98. The highest BCUT2D eigenvalue weighted by Crippen LogP contribution is 1.81. The van der Waals surface area contributed by atoms with E-state index in [1.54, 1.807) is 0 Å². The van der Waals surface area contributed by atoms with Gasteiger partial charge >= 0.3 is 0 Å². The first-order valence-corrected chi connectivity index (χ1v) is 3.67. The molecule has 0 aromatic rings. The Bertz CT molecular complexity index is 110. The molecule has 1 N–H and O–H groups in total. The van der Waals surface area contributed by atoms with Crippen LogP contribution in [0.1, 0.15) is 19.8 Å². The van der Waals surface area contributed by atoms with Crippen molar-refractivity contribution in [1.29, 1.82) is 0 Å². The molecule has 0 fully saturated rings. The molecule has 0 aliphatic heterocycles. The van der Waals surface area contributed by atoms with E-state index in [2.05, 4.69) is 18.8 Å². The van der Waals surface area contributed by atoms with Gasteiger partial charge in [0.25, 0.3) is 0 Å². The van der Waals surface area contributed by atoms with Crippen molar-refractivity contribution in [2.75, 3.05) is 13.1 Å². The molecule has 0 spiro atoms. The normalized spacial score (nSPS) is 9.30. The summed E-state index contributed by atoms with van der Waals surface area (Å²) >= 11 is 0. The lowest BCUT2D eigenvalue weighted by Gasteiger charge is -1.98. The third-order valence-corrected chi connectivity index (χ3v) is 1.20. The van der Waals surface area contributed by atoms with Crippen molar-refractivity contribution >= 4 is 5.78 Å². The highest BCUT2D eigenvalue weighted by molar-refractivity contribution is 5.89. The largest absolute Gasteiger partial charge is 0.316 e. The zero-order valence-corrected chi connectivity index (χ0v) is 6.52. The monoisotopic (exact) mass is 141 g/mol. The maximum absolute atomic E-state index is 10.6. The first-order chi connectivity index (χ1) is 4.81. The lowest BCUT2D eigenvalue weighted by molar-refractivity contribution is -0.114. The van der Waals surface area contributed by atoms with Crippen LogP contribution >= 0.6 is 0 Å². The molecular weight excluding hydrogens is 126 g/mol. The summed E-state index contributed by atoms with van der Waals surface area (Å²) in [5.41, 5.74) is 0. The molecule has 0 bridgehead atoms. The van der Waals surface area contributed by atoms with Crippen LogP contribution in [0.25, 0.3) is 0 Å². The van der Waals surface area contributed by atoms with Crippen LogP contribution in [0.3, 0.4) is 0 Å². The van der Waals surface area contributed by atoms with Gasteiger partial charge in [0.15, 0.2) is 5.78 Å². The smallest absolute Gasteiger partial charge is 0.156 e. The Hall–Kier alpha value is -0.630. The Balaban J connectivity index is 3.03. The topological polar surface area (TPSA) is 29.1 Å². The molecule has 0 heterocycles. The molecule has 0 aliphatic rings. The molecule has 0 saturated heterocycles. The van der Waals surface area contributed by atoms with E-state index in [9.17, 15) is 4.79 Å². The van der Waals surface area contributed by atoms with Gasteiger partial charge in [0.2, 0.25) is 0 Å². The molecule has 0 aromatic carbocycles. The number of allylic oxidation sites excluding steroid dienone is 1. The van der Waals surface area contributed by atoms with Crippen LogP contribution in [0, 0.1) is 0 Å². The van der Waals surface area contributed by atoms with Crippen LogP contribution in [0.5, 0.6) is 0 Å². The molecule has 0 aliphatic carbocycles. The molecule has 0 amide bonds. The van der Waals surface area contributed by atoms with Crippen LogP contribution in [-0.2, 0) is 4.79 Å². The molecular formula is C8H15NO. The summed E-state index contributed by atoms with van der Waals surface area (Å²) in [6, 6.07) is 0. The van der Waals surface area contributed by atoms with E-state index >= 15 is 0 Å². The van der Waals surface area contributed by atoms with Gasteiger partial charge in [-0.2, -0.15) is 0 Å². The van der Waals surface area contributed by atoms with Crippen LogP contribution < -0.4 is 5.32 Å². The van der Waals surface area contributed by atoms with Crippen LogP contribution in [0.4, 0.5) is 0 Å². The third-order valence-electron chi connectivity index (χ3n) is 1.20. The summed E-state index contributed by atoms with van der Waals surface area (Å²) in [7, 11) is 0. The Labute approximate surface area is 62.3 Å². The van der Waals surface area contributed by atoms with E-state index in [1.807, 2.05) is 0 Å². The van der Waals surface area contributed by atoms with E-state index in [4.69, 9.17) is 0 Å². The maximum Gasteiger partial charge on any atom is 0.156 e. The fourth-order valence-electron chi connectivity index (χ4n) is 0.615. The molecule has 2 nitrogen and oxygen atoms in total. The first kappa shape index (κ1) is 9.37. The van der Waals surface area contributed by atoms with Crippen molar-refractivity contribution < 1.29 is 4.79 Å². The van der Waals surface area contributed by atoms with Gasteiger partial charge in [0, 0.05) is 13.0 Å². The molecule has 0 atom stereocenters. The average molecular weight is 141 g/mol. The summed E-state index contributed by atoms with van der Waals surface area (Å²) in [6.45, 7) is 7.25. The molecule has 0 saturated carbocycles. The lowest BCUT2D eigenvalue weighted by atomic mass is 10.3. The zero-order valence-electron chi connectivity index (χ0n) is 6.52. The third kappa shape index (κ3) is 5.51. The van der Waals surface area contributed by atoms with E-state index in [-0.39, 0.29) is 5.78 Å². The van der Waals surface area contributed by atoms with Gasteiger partial charge in [-0.25, -0.2) is 0 Å². The Morgan fingerprint density at radius 1 is 1.60 bits per heavy atom. The van der Waals surface area contributed by atoms with E-state index in [0.29, 0.717) is 6.42 Å².